The average molecular weight is 464 g/mol. The quantitative estimate of drug-likeness (QED) is 0.340. The molecule has 4 aromatic heterocycles. The number of hydrogen-bond acceptors (Lipinski definition) is 5. The Hall–Kier alpha value is -4.39. The normalized spacial score (nSPS) is 11.7. The van der Waals surface area contributed by atoms with Crippen LogP contribution >= 0.6 is 0 Å². The second-order valence-corrected chi connectivity index (χ2v) is 9.23. The van der Waals surface area contributed by atoms with Crippen molar-refractivity contribution in [1.82, 2.24) is 20.1 Å². The molecule has 0 fully saturated rings. The van der Waals surface area contributed by atoms with Gasteiger partial charge in [-0.15, -0.1) is 0 Å². The van der Waals surface area contributed by atoms with Crippen LogP contribution in [0.2, 0.25) is 0 Å². The summed E-state index contributed by atoms with van der Waals surface area (Å²) in [7, 11) is 0. The van der Waals surface area contributed by atoms with Crippen LogP contribution in [-0.4, -0.2) is 20.7 Å². The Balaban J connectivity index is 1.29. The number of anilines is 1. The molecule has 0 saturated carbocycles. The summed E-state index contributed by atoms with van der Waals surface area (Å²) in [6.07, 6.45) is 3.90. The molecule has 1 amide bonds. The molecule has 0 atom stereocenters. The molecule has 7 nitrogen and oxygen atoms in total. The molecule has 7 heteroatoms. The van der Waals surface area contributed by atoms with Gasteiger partial charge in [0.05, 0.1) is 12.7 Å². The highest BCUT2D eigenvalue weighted by Crippen LogP contribution is 2.41. The topological polar surface area (TPSA) is 99.0 Å². The zero-order valence-corrected chi connectivity index (χ0v) is 19.8. The number of nitrogens with two attached hydrogens (primary N) is 1. The number of nitrogens with one attached hydrogen (secondary N) is 1. The first-order valence-corrected chi connectivity index (χ1v) is 11.6. The molecule has 4 heterocycles. The fraction of sp³-hybridized carbons (Fsp3) is 0.179. The fourth-order valence-corrected chi connectivity index (χ4v) is 4.93. The predicted octanol–water partition coefficient (Wildman–Crippen LogP) is 5.25. The first kappa shape index (κ1) is 21.2. The van der Waals surface area contributed by atoms with E-state index < -0.39 is 0 Å². The van der Waals surface area contributed by atoms with Crippen molar-refractivity contribution in [3.8, 4) is 0 Å². The van der Waals surface area contributed by atoms with E-state index in [0.717, 1.165) is 60.7 Å². The molecule has 174 valence electrons. The fourth-order valence-electron chi connectivity index (χ4n) is 4.93. The molecule has 0 saturated heterocycles. The number of fused-ring (bicyclic) bond motifs is 8. The van der Waals surface area contributed by atoms with Crippen molar-refractivity contribution in [2.75, 3.05) is 5.73 Å². The van der Waals surface area contributed by atoms with Gasteiger partial charge in [-0.25, -0.2) is 4.98 Å². The maximum absolute atomic E-state index is 13.0. The van der Waals surface area contributed by atoms with Crippen molar-refractivity contribution >= 4 is 44.4 Å². The Morgan fingerprint density at radius 1 is 1.00 bits per heavy atom. The van der Waals surface area contributed by atoms with Crippen molar-refractivity contribution < 1.29 is 9.21 Å². The van der Waals surface area contributed by atoms with Crippen LogP contribution in [0.25, 0.3) is 32.7 Å². The summed E-state index contributed by atoms with van der Waals surface area (Å²) in [5, 5.41) is 11.5. The Morgan fingerprint density at radius 2 is 1.74 bits per heavy atom. The van der Waals surface area contributed by atoms with Crippen LogP contribution in [0.4, 0.5) is 5.82 Å². The number of carbonyl (C=O) groups is 1. The lowest BCUT2D eigenvalue weighted by Gasteiger charge is -2.11. The number of nitrogens with zero attached hydrogens (tertiary/aromatic N) is 3. The molecule has 0 unspecified atom stereocenters. The van der Waals surface area contributed by atoms with Gasteiger partial charge in [0.15, 0.2) is 0 Å². The van der Waals surface area contributed by atoms with Gasteiger partial charge in [0.1, 0.15) is 17.0 Å². The van der Waals surface area contributed by atoms with Gasteiger partial charge in [-0.05, 0) is 73.4 Å². The number of hydrogen-bond donors (Lipinski definition) is 2. The lowest BCUT2D eigenvalue weighted by Crippen LogP contribution is -2.24. The van der Waals surface area contributed by atoms with Crippen LogP contribution in [0.1, 0.15) is 38.3 Å². The molecule has 0 aliphatic carbocycles. The smallest absolute Gasteiger partial charge is 0.251 e. The zero-order chi connectivity index (χ0) is 24.3. The highest BCUT2D eigenvalue weighted by molar-refractivity contribution is 6.25. The van der Waals surface area contributed by atoms with E-state index in [1.807, 2.05) is 62.1 Å². The second kappa shape index (κ2) is 7.84. The number of nitrogen functional groups attached to an aromatic ring is 1. The van der Waals surface area contributed by atoms with Crippen molar-refractivity contribution in [3.05, 3.63) is 88.4 Å². The van der Waals surface area contributed by atoms with Gasteiger partial charge in [-0.1, -0.05) is 12.1 Å². The molecule has 2 aromatic carbocycles. The minimum Gasteiger partial charge on any atom is -0.455 e. The summed E-state index contributed by atoms with van der Waals surface area (Å²) in [5.41, 5.74) is 13.2. The zero-order valence-electron chi connectivity index (χ0n) is 19.8. The van der Waals surface area contributed by atoms with Gasteiger partial charge in [-0.2, -0.15) is 5.10 Å². The van der Waals surface area contributed by atoms with Crippen molar-refractivity contribution in [2.24, 2.45) is 0 Å². The molecule has 6 aromatic rings. The van der Waals surface area contributed by atoms with Gasteiger partial charge in [0, 0.05) is 45.5 Å². The minimum atomic E-state index is -0.137. The molecule has 6 rings (SSSR count). The Labute approximate surface area is 201 Å². The molecule has 2 bridgehead atoms. The third-order valence-corrected chi connectivity index (χ3v) is 6.65. The third-order valence-electron chi connectivity index (χ3n) is 6.65. The maximum atomic E-state index is 13.0. The average Bonchev–Trinajstić information content (AvgIpc) is 3.51. The summed E-state index contributed by atoms with van der Waals surface area (Å²) in [6, 6.07) is 13.9. The molecular formula is C28H25N5O2. The van der Waals surface area contributed by atoms with E-state index in [1.54, 1.807) is 0 Å². The van der Waals surface area contributed by atoms with Crippen LogP contribution in [0.3, 0.4) is 0 Å². The Bertz CT molecular complexity index is 1720. The van der Waals surface area contributed by atoms with Crippen LogP contribution < -0.4 is 11.1 Å². The number of carbonyl (C=O) groups excluding carboxylic acids is 1. The van der Waals surface area contributed by atoms with Gasteiger partial charge in [0.2, 0.25) is 0 Å². The minimum absolute atomic E-state index is 0.137. The van der Waals surface area contributed by atoms with Gasteiger partial charge in [0.25, 0.3) is 5.91 Å². The van der Waals surface area contributed by atoms with Gasteiger partial charge >= 0.3 is 0 Å². The summed E-state index contributed by atoms with van der Waals surface area (Å²) < 4.78 is 8.12. The van der Waals surface area contributed by atoms with Crippen LogP contribution in [0.15, 0.2) is 59.3 Å². The van der Waals surface area contributed by atoms with Crippen molar-refractivity contribution in [1.29, 1.82) is 0 Å². The first-order valence-electron chi connectivity index (χ1n) is 11.6. The SMILES string of the molecule is Cc1cnn(Cc2ccc3c(c2)c2oc3c3cc(C(=O)NCc4c(C)cc(N)nc4C)ccc32)c1. The maximum Gasteiger partial charge on any atom is 0.251 e. The highest BCUT2D eigenvalue weighted by atomic mass is 16.3. The number of pyridine rings is 1. The highest BCUT2D eigenvalue weighted by Gasteiger charge is 2.19. The Kier molecular flexibility index (Phi) is 4.74. The van der Waals surface area contributed by atoms with E-state index in [9.17, 15) is 4.79 Å². The largest absolute Gasteiger partial charge is 0.455 e. The summed E-state index contributed by atoms with van der Waals surface area (Å²) in [6.45, 7) is 7.02. The van der Waals surface area contributed by atoms with E-state index in [1.165, 1.54) is 0 Å². The predicted molar refractivity (Wildman–Crippen MR) is 138 cm³/mol. The van der Waals surface area contributed by atoms with Gasteiger partial charge < -0.3 is 15.5 Å². The van der Waals surface area contributed by atoms with E-state index in [-0.39, 0.29) is 5.91 Å². The lowest BCUT2D eigenvalue weighted by atomic mass is 10.00. The molecule has 0 radical (unpaired) electrons. The first-order chi connectivity index (χ1) is 16.9. The van der Waals surface area contributed by atoms with E-state index >= 15 is 0 Å². The molecule has 0 aliphatic rings. The standard InChI is InChI=1S/C28H25N5O2/c1-15-11-31-33(13-15)14-18-4-6-20-22(9-18)26-21-7-5-19(10-23(21)27(20)35-26)28(34)30-12-24-16(2)8-25(29)32-17(24)3/h4-11,13H,12,14H2,1-3H3,(H2,29,32)(H,30,34). The van der Waals surface area contributed by atoms with Crippen LogP contribution in [-0.2, 0) is 13.1 Å². The van der Waals surface area contributed by atoms with Gasteiger partial charge in [-0.3, -0.25) is 9.48 Å². The molecule has 35 heavy (non-hydrogen) atoms. The number of furan rings is 2. The molecule has 3 N–H and O–H groups in total. The van der Waals surface area contributed by atoms with Crippen LogP contribution in [0, 0.1) is 20.8 Å². The van der Waals surface area contributed by atoms with Crippen molar-refractivity contribution in [3.63, 3.8) is 0 Å². The Morgan fingerprint density at radius 3 is 2.46 bits per heavy atom. The second-order valence-electron chi connectivity index (χ2n) is 9.23. The number of benzene rings is 3. The number of aryl methyl sites for hydroxylation is 3. The summed E-state index contributed by atoms with van der Waals surface area (Å²) >= 11 is 0. The third kappa shape index (κ3) is 3.56. The van der Waals surface area contributed by atoms with E-state index in [4.69, 9.17) is 10.2 Å². The summed E-state index contributed by atoms with van der Waals surface area (Å²) in [4.78, 5) is 17.3. The summed E-state index contributed by atoms with van der Waals surface area (Å²) in [5.74, 6) is 0.351. The number of aromatic nitrogens is 3. The van der Waals surface area contributed by atoms with Crippen LogP contribution in [0.5, 0.6) is 0 Å². The molecular weight excluding hydrogens is 438 g/mol. The monoisotopic (exact) mass is 463 g/mol. The number of rotatable bonds is 5. The number of amides is 1. The lowest BCUT2D eigenvalue weighted by molar-refractivity contribution is 0.0951. The van der Waals surface area contributed by atoms with E-state index in [2.05, 4.69) is 33.6 Å². The molecule has 0 spiro atoms. The van der Waals surface area contributed by atoms with Crippen molar-refractivity contribution in [2.45, 2.75) is 33.9 Å². The van der Waals surface area contributed by atoms with E-state index in [0.29, 0.717) is 24.5 Å². The molecule has 0 aliphatic heterocycles.